The Bertz CT molecular complexity index is 99.5. The molecule has 0 aromatic rings. The maximum Gasteiger partial charge on any atom is 0.0677 e. The van der Waals surface area contributed by atoms with Gasteiger partial charge in [0.1, 0.15) is 0 Å². The Morgan fingerprint density at radius 2 is 2.56 bits per heavy atom. The minimum atomic E-state index is 0.151. The van der Waals surface area contributed by atoms with Gasteiger partial charge in [0.25, 0.3) is 0 Å². The molecule has 1 aliphatic heterocycles. The zero-order valence-electron chi connectivity index (χ0n) is 5.47. The quantitative estimate of drug-likeness (QED) is 0.527. The molecule has 52 valence electrons. The lowest BCUT2D eigenvalue weighted by Crippen LogP contribution is -2.08. The highest BCUT2D eigenvalue weighted by Gasteiger charge is 2.03. The standard InChI is InChI=1S/C7H12O2/c8-4-3-7-2-1-5-9-6-7/h3,8H,1-2,4-6H2/b7-3+. The zero-order chi connectivity index (χ0) is 6.53. The number of hydrogen-bond donors (Lipinski definition) is 1. The van der Waals surface area contributed by atoms with Crippen LogP contribution in [0.15, 0.2) is 11.6 Å². The predicted molar refractivity (Wildman–Crippen MR) is 35.2 cm³/mol. The van der Waals surface area contributed by atoms with Gasteiger partial charge in [-0.25, -0.2) is 0 Å². The zero-order valence-corrected chi connectivity index (χ0v) is 5.47. The average molecular weight is 128 g/mol. The van der Waals surface area contributed by atoms with Crippen molar-refractivity contribution in [3.8, 4) is 0 Å². The van der Waals surface area contributed by atoms with Gasteiger partial charge in [-0.2, -0.15) is 0 Å². The largest absolute Gasteiger partial charge is 0.392 e. The monoisotopic (exact) mass is 128 g/mol. The molecule has 1 N–H and O–H groups in total. The van der Waals surface area contributed by atoms with Crippen molar-refractivity contribution in [2.24, 2.45) is 0 Å². The number of aliphatic hydroxyl groups is 1. The van der Waals surface area contributed by atoms with Gasteiger partial charge in [-0.3, -0.25) is 0 Å². The Morgan fingerprint density at radius 1 is 1.67 bits per heavy atom. The fourth-order valence-electron chi connectivity index (χ4n) is 0.967. The summed E-state index contributed by atoms with van der Waals surface area (Å²) in [6, 6.07) is 0. The topological polar surface area (TPSA) is 29.5 Å². The van der Waals surface area contributed by atoms with Crippen molar-refractivity contribution in [1.82, 2.24) is 0 Å². The molecular formula is C7H12O2. The van der Waals surface area contributed by atoms with Crippen molar-refractivity contribution < 1.29 is 9.84 Å². The first-order valence-electron chi connectivity index (χ1n) is 3.30. The average Bonchev–Trinajstić information content (AvgIpc) is 1.91. The lowest BCUT2D eigenvalue weighted by molar-refractivity contribution is 0.129. The Kier molecular flexibility index (Phi) is 2.74. The minimum absolute atomic E-state index is 0.151. The van der Waals surface area contributed by atoms with Gasteiger partial charge in [0, 0.05) is 6.61 Å². The van der Waals surface area contributed by atoms with Crippen LogP contribution < -0.4 is 0 Å². The van der Waals surface area contributed by atoms with Crippen LogP contribution >= 0.6 is 0 Å². The van der Waals surface area contributed by atoms with E-state index in [4.69, 9.17) is 9.84 Å². The summed E-state index contributed by atoms with van der Waals surface area (Å²) in [6.07, 6.45) is 4.03. The summed E-state index contributed by atoms with van der Waals surface area (Å²) >= 11 is 0. The molecule has 0 aromatic heterocycles. The maximum absolute atomic E-state index is 8.49. The molecule has 1 rings (SSSR count). The fraction of sp³-hybridized carbons (Fsp3) is 0.714. The molecule has 0 atom stereocenters. The number of ether oxygens (including phenoxy) is 1. The Morgan fingerprint density at radius 3 is 3.11 bits per heavy atom. The molecule has 1 saturated heterocycles. The van der Waals surface area contributed by atoms with Gasteiger partial charge < -0.3 is 9.84 Å². The third-order valence-corrected chi connectivity index (χ3v) is 1.45. The van der Waals surface area contributed by atoms with Crippen LogP contribution in [-0.2, 0) is 4.74 Å². The van der Waals surface area contributed by atoms with Gasteiger partial charge in [-0.15, -0.1) is 0 Å². The van der Waals surface area contributed by atoms with Crippen molar-refractivity contribution in [3.05, 3.63) is 11.6 Å². The van der Waals surface area contributed by atoms with E-state index in [0.717, 1.165) is 26.1 Å². The molecule has 0 aromatic carbocycles. The van der Waals surface area contributed by atoms with Crippen molar-refractivity contribution in [2.45, 2.75) is 12.8 Å². The van der Waals surface area contributed by atoms with Gasteiger partial charge >= 0.3 is 0 Å². The maximum atomic E-state index is 8.49. The highest BCUT2D eigenvalue weighted by molar-refractivity contribution is 5.03. The molecule has 0 radical (unpaired) electrons. The summed E-state index contributed by atoms with van der Waals surface area (Å²) in [5.74, 6) is 0. The van der Waals surface area contributed by atoms with Gasteiger partial charge in [0.05, 0.1) is 13.2 Å². The van der Waals surface area contributed by atoms with Crippen molar-refractivity contribution in [3.63, 3.8) is 0 Å². The van der Waals surface area contributed by atoms with E-state index in [9.17, 15) is 0 Å². The Balaban J connectivity index is 2.30. The van der Waals surface area contributed by atoms with Gasteiger partial charge in [0.15, 0.2) is 0 Å². The van der Waals surface area contributed by atoms with Crippen LogP contribution in [0.3, 0.4) is 0 Å². The van der Waals surface area contributed by atoms with Crippen LogP contribution in [0, 0.1) is 0 Å². The SMILES string of the molecule is OC/C=C1\CCCOC1. The first-order valence-corrected chi connectivity index (χ1v) is 3.30. The third-order valence-electron chi connectivity index (χ3n) is 1.45. The van der Waals surface area contributed by atoms with E-state index in [1.807, 2.05) is 6.08 Å². The van der Waals surface area contributed by atoms with Crippen molar-refractivity contribution >= 4 is 0 Å². The van der Waals surface area contributed by atoms with Crippen LogP contribution in [0.4, 0.5) is 0 Å². The first-order chi connectivity index (χ1) is 4.43. The summed E-state index contributed by atoms with van der Waals surface area (Å²) in [6.45, 7) is 1.75. The smallest absolute Gasteiger partial charge is 0.0677 e. The van der Waals surface area contributed by atoms with Crippen molar-refractivity contribution in [2.75, 3.05) is 19.8 Å². The predicted octanol–water partition coefficient (Wildman–Crippen LogP) is 0.716. The summed E-state index contributed by atoms with van der Waals surface area (Å²) < 4.78 is 5.16. The lowest BCUT2D eigenvalue weighted by Gasteiger charge is -2.13. The van der Waals surface area contributed by atoms with Gasteiger partial charge in [-0.1, -0.05) is 6.08 Å². The number of aliphatic hydroxyl groups excluding tert-OH is 1. The lowest BCUT2D eigenvalue weighted by atomic mass is 10.1. The van der Waals surface area contributed by atoms with E-state index < -0.39 is 0 Å². The highest BCUT2D eigenvalue weighted by Crippen LogP contribution is 2.10. The van der Waals surface area contributed by atoms with E-state index in [1.165, 1.54) is 5.57 Å². The van der Waals surface area contributed by atoms with Gasteiger partial charge in [0.2, 0.25) is 0 Å². The molecule has 2 heteroatoms. The highest BCUT2D eigenvalue weighted by atomic mass is 16.5. The molecule has 0 spiro atoms. The third kappa shape index (κ3) is 2.16. The molecule has 0 aliphatic carbocycles. The van der Waals surface area contributed by atoms with E-state index in [2.05, 4.69) is 0 Å². The Hall–Kier alpha value is -0.340. The van der Waals surface area contributed by atoms with Crippen molar-refractivity contribution in [1.29, 1.82) is 0 Å². The van der Waals surface area contributed by atoms with Crippen LogP contribution in [0.2, 0.25) is 0 Å². The molecule has 1 heterocycles. The van der Waals surface area contributed by atoms with E-state index in [0.29, 0.717) is 0 Å². The molecule has 1 fully saturated rings. The number of rotatable bonds is 1. The summed E-state index contributed by atoms with van der Waals surface area (Å²) in [4.78, 5) is 0. The molecule has 0 saturated carbocycles. The van der Waals surface area contributed by atoms with Gasteiger partial charge in [-0.05, 0) is 18.4 Å². The molecule has 9 heavy (non-hydrogen) atoms. The molecule has 0 amide bonds. The van der Waals surface area contributed by atoms with Crippen LogP contribution in [0.25, 0.3) is 0 Å². The molecule has 0 unspecified atom stereocenters. The molecule has 0 bridgehead atoms. The second-order valence-electron chi connectivity index (χ2n) is 2.20. The summed E-state index contributed by atoms with van der Waals surface area (Å²) in [5.41, 5.74) is 1.24. The van der Waals surface area contributed by atoms with E-state index in [-0.39, 0.29) is 6.61 Å². The van der Waals surface area contributed by atoms with E-state index in [1.54, 1.807) is 0 Å². The fourth-order valence-corrected chi connectivity index (χ4v) is 0.967. The molecule has 1 aliphatic rings. The second-order valence-corrected chi connectivity index (χ2v) is 2.20. The molecular weight excluding hydrogens is 116 g/mol. The van der Waals surface area contributed by atoms with E-state index >= 15 is 0 Å². The first kappa shape index (κ1) is 6.78. The van der Waals surface area contributed by atoms with Crippen LogP contribution in [-0.4, -0.2) is 24.9 Å². The molecule has 2 nitrogen and oxygen atoms in total. The normalized spacial score (nSPS) is 24.8. The van der Waals surface area contributed by atoms with Crippen LogP contribution in [0.1, 0.15) is 12.8 Å². The summed E-state index contributed by atoms with van der Waals surface area (Å²) in [7, 11) is 0. The summed E-state index contributed by atoms with van der Waals surface area (Å²) in [5, 5.41) is 8.49. The minimum Gasteiger partial charge on any atom is -0.392 e. The Labute approximate surface area is 55.1 Å². The number of hydrogen-bond acceptors (Lipinski definition) is 2. The van der Waals surface area contributed by atoms with Crippen LogP contribution in [0.5, 0.6) is 0 Å². The second kappa shape index (κ2) is 3.64.